The molecule has 3 aliphatic rings. The highest BCUT2D eigenvalue weighted by Crippen LogP contribution is 2.60. The van der Waals surface area contributed by atoms with Crippen LogP contribution in [0.2, 0.25) is 0 Å². The molecule has 1 aromatic rings. The van der Waals surface area contributed by atoms with Crippen LogP contribution in [0.4, 0.5) is 13.2 Å². The Morgan fingerprint density at radius 2 is 1.91 bits per heavy atom. The molecule has 4 atom stereocenters. The summed E-state index contributed by atoms with van der Waals surface area (Å²) in [5.41, 5.74) is 2.17. The Morgan fingerprint density at radius 1 is 1.09 bits per heavy atom. The molecule has 0 N–H and O–H groups in total. The standard InChI is InChI=1S/C19H23F3/c1-18-9-2-3-17(18)15-7-5-12-4-6-13(19(20,21)22)11-16(12)14(15)8-10-18/h4,6,11,14-15,17H,2-3,5,7-10H2,1H3/t14-,15+,17-,18-/m0/s1. The number of rotatable bonds is 0. The molecule has 0 aromatic heterocycles. The van der Waals surface area contributed by atoms with Crippen LogP contribution in [0.1, 0.15) is 68.1 Å². The summed E-state index contributed by atoms with van der Waals surface area (Å²) in [6, 6.07) is 4.46. The van der Waals surface area contributed by atoms with E-state index in [-0.39, 0.29) is 0 Å². The van der Waals surface area contributed by atoms with Crippen LogP contribution in [0.15, 0.2) is 18.2 Å². The molecule has 0 aliphatic heterocycles. The lowest BCUT2D eigenvalue weighted by Crippen LogP contribution is -2.39. The van der Waals surface area contributed by atoms with Gasteiger partial charge in [0.25, 0.3) is 0 Å². The largest absolute Gasteiger partial charge is 0.416 e. The summed E-state index contributed by atoms with van der Waals surface area (Å²) in [6.45, 7) is 2.42. The second kappa shape index (κ2) is 4.75. The Labute approximate surface area is 130 Å². The molecule has 0 unspecified atom stereocenters. The minimum Gasteiger partial charge on any atom is -0.166 e. The minimum atomic E-state index is -4.22. The van der Waals surface area contributed by atoms with Crippen LogP contribution in [0.25, 0.3) is 0 Å². The van der Waals surface area contributed by atoms with Gasteiger partial charge in [-0.2, -0.15) is 13.2 Å². The SMILES string of the molecule is C[C@@]12CCC[C@H]1[C@@H]1CCc3ccc(C(F)(F)F)cc3[C@H]1CC2. The van der Waals surface area contributed by atoms with Crippen molar-refractivity contribution >= 4 is 0 Å². The van der Waals surface area contributed by atoms with Crippen molar-refractivity contribution in [1.29, 1.82) is 0 Å². The van der Waals surface area contributed by atoms with Crippen molar-refractivity contribution in [2.75, 3.05) is 0 Å². The molecule has 3 aliphatic carbocycles. The number of aryl methyl sites for hydroxylation is 1. The van der Waals surface area contributed by atoms with Gasteiger partial charge in [0.1, 0.15) is 0 Å². The van der Waals surface area contributed by atoms with E-state index in [0.717, 1.165) is 29.9 Å². The number of halogens is 3. The molecule has 4 rings (SSSR count). The van der Waals surface area contributed by atoms with Crippen LogP contribution in [-0.4, -0.2) is 0 Å². The normalized spacial score (nSPS) is 37.4. The van der Waals surface area contributed by atoms with Crippen molar-refractivity contribution in [2.24, 2.45) is 17.3 Å². The van der Waals surface area contributed by atoms with Gasteiger partial charge in [0.05, 0.1) is 5.56 Å². The van der Waals surface area contributed by atoms with Gasteiger partial charge in [-0.3, -0.25) is 0 Å². The van der Waals surface area contributed by atoms with Crippen LogP contribution in [0.3, 0.4) is 0 Å². The molecule has 0 saturated heterocycles. The molecule has 22 heavy (non-hydrogen) atoms. The Morgan fingerprint density at radius 3 is 2.68 bits per heavy atom. The van der Waals surface area contributed by atoms with Crippen molar-refractivity contribution in [2.45, 2.75) is 64.0 Å². The van der Waals surface area contributed by atoms with Gasteiger partial charge in [-0.05, 0) is 85.0 Å². The predicted molar refractivity (Wildman–Crippen MR) is 80.7 cm³/mol. The molecule has 120 valence electrons. The molecule has 0 nitrogen and oxygen atoms in total. The quantitative estimate of drug-likeness (QED) is 0.555. The van der Waals surface area contributed by atoms with E-state index in [2.05, 4.69) is 6.92 Å². The fourth-order valence-electron chi connectivity index (χ4n) is 5.74. The summed E-state index contributed by atoms with van der Waals surface area (Å²) in [4.78, 5) is 0. The van der Waals surface area contributed by atoms with E-state index < -0.39 is 11.7 Å². The van der Waals surface area contributed by atoms with E-state index in [1.807, 2.05) is 0 Å². The van der Waals surface area contributed by atoms with Gasteiger partial charge in [0, 0.05) is 0 Å². The van der Waals surface area contributed by atoms with Gasteiger partial charge in [-0.1, -0.05) is 19.4 Å². The van der Waals surface area contributed by atoms with E-state index in [1.165, 1.54) is 44.2 Å². The first-order valence-corrected chi connectivity index (χ1v) is 8.58. The van der Waals surface area contributed by atoms with Crippen LogP contribution >= 0.6 is 0 Å². The van der Waals surface area contributed by atoms with Gasteiger partial charge < -0.3 is 0 Å². The number of hydrogen-bond donors (Lipinski definition) is 0. The fourth-order valence-corrected chi connectivity index (χ4v) is 5.74. The first-order valence-electron chi connectivity index (χ1n) is 8.58. The summed E-state index contributed by atoms with van der Waals surface area (Å²) in [6.07, 6.45) is 4.08. The van der Waals surface area contributed by atoms with Crippen LogP contribution < -0.4 is 0 Å². The van der Waals surface area contributed by atoms with Gasteiger partial charge in [-0.15, -0.1) is 0 Å². The van der Waals surface area contributed by atoms with E-state index in [0.29, 0.717) is 17.3 Å². The third kappa shape index (κ3) is 2.11. The molecule has 3 heteroatoms. The van der Waals surface area contributed by atoms with Gasteiger partial charge >= 0.3 is 6.18 Å². The second-order valence-corrected chi connectivity index (χ2v) is 7.91. The third-order valence-corrected chi connectivity index (χ3v) is 6.84. The van der Waals surface area contributed by atoms with Crippen molar-refractivity contribution in [1.82, 2.24) is 0 Å². The molecule has 2 fully saturated rings. The highest BCUT2D eigenvalue weighted by molar-refractivity contribution is 5.39. The third-order valence-electron chi connectivity index (χ3n) is 6.84. The molecule has 0 bridgehead atoms. The summed E-state index contributed by atoms with van der Waals surface area (Å²) >= 11 is 0. The molecule has 0 heterocycles. The van der Waals surface area contributed by atoms with E-state index in [4.69, 9.17) is 0 Å². The molecular weight excluding hydrogens is 285 g/mol. The van der Waals surface area contributed by atoms with Crippen LogP contribution in [0.5, 0.6) is 0 Å². The molecule has 2 saturated carbocycles. The highest BCUT2D eigenvalue weighted by atomic mass is 19.4. The molecule has 1 aromatic carbocycles. The molecule has 0 spiro atoms. The second-order valence-electron chi connectivity index (χ2n) is 7.91. The number of fused-ring (bicyclic) bond motifs is 5. The monoisotopic (exact) mass is 308 g/mol. The zero-order chi connectivity index (χ0) is 15.5. The molecule has 0 amide bonds. The van der Waals surface area contributed by atoms with Crippen LogP contribution in [0, 0.1) is 17.3 Å². The topological polar surface area (TPSA) is 0 Å². The lowest BCUT2D eigenvalue weighted by atomic mass is 9.56. The first-order chi connectivity index (χ1) is 10.4. The molecular formula is C19H23F3. The van der Waals surface area contributed by atoms with Gasteiger partial charge in [0.15, 0.2) is 0 Å². The lowest BCUT2D eigenvalue weighted by Gasteiger charge is -2.49. The number of alkyl halides is 3. The minimum absolute atomic E-state index is 0.363. The average molecular weight is 308 g/mol. The summed E-state index contributed by atoms with van der Waals surface area (Å²) < 4.78 is 39.2. The summed E-state index contributed by atoms with van der Waals surface area (Å²) in [5.74, 6) is 1.70. The van der Waals surface area contributed by atoms with E-state index in [1.54, 1.807) is 6.07 Å². The summed E-state index contributed by atoms with van der Waals surface area (Å²) in [7, 11) is 0. The predicted octanol–water partition coefficient (Wildman–Crippen LogP) is 5.95. The van der Waals surface area contributed by atoms with Crippen LogP contribution in [-0.2, 0) is 12.6 Å². The fraction of sp³-hybridized carbons (Fsp3) is 0.684. The van der Waals surface area contributed by atoms with Gasteiger partial charge in [0.2, 0.25) is 0 Å². The van der Waals surface area contributed by atoms with E-state index in [9.17, 15) is 13.2 Å². The number of benzene rings is 1. The Kier molecular flexibility index (Phi) is 3.15. The first kappa shape index (κ1) is 14.6. The Bertz CT molecular complexity index is 589. The highest BCUT2D eigenvalue weighted by Gasteiger charge is 2.50. The smallest absolute Gasteiger partial charge is 0.166 e. The van der Waals surface area contributed by atoms with Gasteiger partial charge in [-0.25, -0.2) is 0 Å². The zero-order valence-corrected chi connectivity index (χ0v) is 13.0. The van der Waals surface area contributed by atoms with Crippen molar-refractivity contribution in [3.63, 3.8) is 0 Å². The van der Waals surface area contributed by atoms with Crippen molar-refractivity contribution < 1.29 is 13.2 Å². The van der Waals surface area contributed by atoms with Crippen molar-refractivity contribution in [3.05, 3.63) is 34.9 Å². The maximum Gasteiger partial charge on any atom is 0.416 e. The summed E-state index contributed by atoms with van der Waals surface area (Å²) in [5, 5.41) is 0. The average Bonchev–Trinajstić information content (AvgIpc) is 2.87. The maximum atomic E-state index is 13.1. The lowest BCUT2D eigenvalue weighted by molar-refractivity contribution is -0.137. The maximum absolute atomic E-state index is 13.1. The molecule has 0 radical (unpaired) electrons. The Hall–Kier alpha value is -0.990. The zero-order valence-electron chi connectivity index (χ0n) is 13.0. The van der Waals surface area contributed by atoms with E-state index >= 15 is 0 Å². The Balaban J connectivity index is 1.72. The number of hydrogen-bond acceptors (Lipinski definition) is 0. The van der Waals surface area contributed by atoms with Crippen molar-refractivity contribution in [3.8, 4) is 0 Å².